The van der Waals surface area contributed by atoms with Crippen molar-refractivity contribution in [1.29, 1.82) is 5.26 Å². The average molecular weight is 288 g/mol. The van der Waals surface area contributed by atoms with E-state index in [1.165, 1.54) is 12.8 Å². The van der Waals surface area contributed by atoms with Gasteiger partial charge in [0.15, 0.2) is 11.5 Å². The van der Waals surface area contributed by atoms with Crippen LogP contribution in [-0.4, -0.2) is 37.2 Å². The highest BCUT2D eigenvalue weighted by atomic mass is 16.5. The lowest BCUT2D eigenvalue weighted by Crippen LogP contribution is -2.45. The van der Waals surface area contributed by atoms with Gasteiger partial charge in [0.2, 0.25) is 0 Å². The van der Waals surface area contributed by atoms with Gasteiger partial charge in [0.25, 0.3) is 0 Å². The lowest BCUT2D eigenvalue weighted by molar-refractivity contribution is 0.191. The molecule has 1 aromatic carbocycles. The van der Waals surface area contributed by atoms with Gasteiger partial charge in [-0.05, 0) is 57.5 Å². The number of benzene rings is 1. The van der Waals surface area contributed by atoms with E-state index in [-0.39, 0.29) is 0 Å². The number of nitrogens with zero attached hydrogens (tertiary/aromatic N) is 2. The van der Waals surface area contributed by atoms with Crippen molar-refractivity contribution in [3.05, 3.63) is 23.8 Å². The summed E-state index contributed by atoms with van der Waals surface area (Å²) in [6.45, 7) is 6.62. The zero-order chi connectivity index (χ0) is 15.3. The number of hydrogen-bond donors (Lipinski definition) is 0. The van der Waals surface area contributed by atoms with Crippen LogP contribution in [0.2, 0.25) is 0 Å². The molecule has 4 nitrogen and oxygen atoms in total. The van der Waals surface area contributed by atoms with Gasteiger partial charge in [-0.15, -0.1) is 0 Å². The van der Waals surface area contributed by atoms with Crippen molar-refractivity contribution in [3.63, 3.8) is 0 Å². The Kier molecular flexibility index (Phi) is 5.08. The van der Waals surface area contributed by atoms with Crippen LogP contribution in [0.15, 0.2) is 18.2 Å². The minimum absolute atomic E-state index is 0.450. The zero-order valence-electron chi connectivity index (χ0n) is 13.2. The molecule has 1 aromatic rings. The molecule has 1 aliphatic rings. The van der Waals surface area contributed by atoms with Gasteiger partial charge in [0.1, 0.15) is 5.54 Å². The first-order chi connectivity index (χ1) is 10.1. The summed E-state index contributed by atoms with van der Waals surface area (Å²) in [5, 5.41) is 9.62. The van der Waals surface area contributed by atoms with Crippen molar-refractivity contribution in [2.45, 2.75) is 38.6 Å². The van der Waals surface area contributed by atoms with Crippen LogP contribution in [0, 0.1) is 11.3 Å². The Morgan fingerprint density at radius 2 is 2.00 bits per heavy atom. The average Bonchev–Trinajstić information content (AvgIpc) is 3.04. The fourth-order valence-electron chi connectivity index (χ4n) is 2.93. The first-order valence-corrected chi connectivity index (χ1v) is 7.59. The molecule has 0 radical (unpaired) electrons. The molecular weight excluding hydrogens is 264 g/mol. The first kappa shape index (κ1) is 15.7. The van der Waals surface area contributed by atoms with E-state index in [0.717, 1.165) is 30.2 Å². The van der Waals surface area contributed by atoms with Crippen molar-refractivity contribution in [1.82, 2.24) is 4.90 Å². The molecule has 2 rings (SSSR count). The molecule has 1 heterocycles. The van der Waals surface area contributed by atoms with Crippen molar-refractivity contribution >= 4 is 0 Å². The van der Waals surface area contributed by atoms with Crippen LogP contribution < -0.4 is 9.47 Å². The minimum atomic E-state index is -0.450. The SMILES string of the molecule is CCOc1ccc(CC(C)(C#N)N2CCCC2)cc1OC. The number of methoxy groups -OCH3 is 1. The maximum Gasteiger partial charge on any atom is 0.161 e. The van der Waals surface area contributed by atoms with Gasteiger partial charge in [-0.25, -0.2) is 0 Å². The fourth-order valence-corrected chi connectivity index (χ4v) is 2.93. The van der Waals surface area contributed by atoms with Crippen LogP contribution in [0.4, 0.5) is 0 Å². The standard InChI is InChI=1S/C17H24N2O2/c1-4-21-15-8-7-14(11-16(15)20-3)12-17(2,13-18)19-9-5-6-10-19/h7-8,11H,4-6,9-10,12H2,1-3H3. The van der Waals surface area contributed by atoms with E-state index < -0.39 is 5.54 Å². The highest BCUT2D eigenvalue weighted by molar-refractivity contribution is 5.43. The summed E-state index contributed by atoms with van der Waals surface area (Å²) in [5.74, 6) is 1.49. The molecule has 114 valence electrons. The fraction of sp³-hybridized carbons (Fsp3) is 0.588. The summed E-state index contributed by atoms with van der Waals surface area (Å²) >= 11 is 0. The molecule has 0 saturated carbocycles. The molecule has 1 saturated heterocycles. The van der Waals surface area contributed by atoms with Gasteiger partial charge >= 0.3 is 0 Å². The molecule has 4 heteroatoms. The lowest BCUT2D eigenvalue weighted by Gasteiger charge is -2.32. The Balaban J connectivity index is 2.19. The number of rotatable bonds is 6. The van der Waals surface area contributed by atoms with Crippen LogP contribution in [-0.2, 0) is 6.42 Å². The van der Waals surface area contributed by atoms with Crippen LogP contribution in [0.1, 0.15) is 32.3 Å². The largest absolute Gasteiger partial charge is 0.493 e. The molecule has 0 N–H and O–H groups in total. The second kappa shape index (κ2) is 6.82. The molecule has 0 spiro atoms. The summed E-state index contributed by atoms with van der Waals surface area (Å²) in [6.07, 6.45) is 3.07. The summed E-state index contributed by atoms with van der Waals surface area (Å²) < 4.78 is 10.9. The summed E-state index contributed by atoms with van der Waals surface area (Å²) in [6, 6.07) is 8.44. The molecule has 0 aromatic heterocycles. The van der Waals surface area contributed by atoms with Crippen LogP contribution in [0.25, 0.3) is 0 Å². The van der Waals surface area contributed by atoms with Crippen LogP contribution in [0.3, 0.4) is 0 Å². The Hall–Kier alpha value is -1.73. The Bertz CT molecular complexity index is 518. The van der Waals surface area contributed by atoms with Crippen LogP contribution >= 0.6 is 0 Å². The van der Waals surface area contributed by atoms with E-state index in [4.69, 9.17) is 9.47 Å². The number of hydrogen-bond acceptors (Lipinski definition) is 4. The second-order valence-corrected chi connectivity index (χ2v) is 5.67. The van der Waals surface area contributed by atoms with E-state index in [2.05, 4.69) is 11.0 Å². The van der Waals surface area contributed by atoms with Gasteiger partial charge in [0.05, 0.1) is 19.8 Å². The molecule has 1 unspecified atom stereocenters. The Morgan fingerprint density at radius 3 is 2.57 bits per heavy atom. The van der Waals surface area contributed by atoms with Crippen molar-refractivity contribution in [3.8, 4) is 17.6 Å². The van der Waals surface area contributed by atoms with Crippen molar-refractivity contribution < 1.29 is 9.47 Å². The van der Waals surface area contributed by atoms with Gasteiger partial charge in [0, 0.05) is 6.42 Å². The third-order valence-electron chi connectivity index (χ3n) is 4.12. The third-order valence-corrected chi connectivity index (χ3v) is 4.12. The summed E-state index contributed by atoms with van der Waals surface area (Å²) in [5.41, 5.74) is 0.653. The predicted octanol–water partition coefficient (Wildman–Crippen LogP) is 3.01. The number of ether oxygens (including phenoxy) is 2. The van der Waals surface area contributed by atoms with Gasteiger partial charge < -0.3 is 9.47 Å². The maximum atomic E-state index is 9.62. The van der Waals surface area contributed by atoms with Crippen LogP contribution in [0.5, 0.6) is 11.5 Å². The third kappa shape index (κ3) is 3.48. The molecule has 0 amide bonds. The molecule has 0 aliphatic carbocycles. The number of likely N-dealkylation sites (tertiary alicyclic amines) is 1. The summed E-state index contributed by atoms with van der Waals surface area (Å²) in [4.78, 5) is 2.29. The molecule has 1 atom stereocenters. The van der Waals surface area contributed by atoms with Crippen molar-refractivity contribution in [2.24, 2.45) is 0 Å². The van der Waals surface area contributed by atoms with Gasteiger partial charge in [-0.3, -0.25) is 4.90 Å². The second-order valence-electron chi connectivity index (χ2n) is 5.67. The van der Waals surface area contributed by atoms with E-state index in [1.54, 1.807) is 7.11 Å². The quantitative estimate of drug-likeness (QED) is 0.807. The zero-order valence-corrected chi connectivity index (χ0v) is 13.2. The first-order valence-electron chi connectivity index (χ1n) is 7.59. The molecule has 1 fully saturated rings. The molecule has 0 bridgehead atoms. The van der Waals surface area contributed by atoms with E-state index in [0.29, 0.717) is 13.0 Å². The highest BCUT2D eigenvalue weighted by Gasteiger charge is 2.34. The van der Waals surface area contributed by atoms with E-state index >= 15 is 0 Å². The lowest BCUT2D eigenvalue weighted by atomic mass is 9.92. The predicted molar refractivity (Wildman–Crippen MR) is 82.7 cm³/mol. The van der Waals surface area contributed by atoms with Gasteiger partial charge in [-0.2, -0.15) is 5.26 Å². The summed E-state index contributed by atoms with van der Waals surface area (Å²) in [7, 11) is 1.64. The normalized spacial score (nSPS) is 18.0. The highest BCUT2D eigenvalue weighted by Crippen LogP contribution is 2.31. The topological polar surface area (TPSA) is 45.5 Å². The smallest absolute Gasteiger partial charge is 0.161 e. The maximum absolute atomic E-state index is 9.62. The molecular formula is C17H24N2O2. The monoisotopic (exact) mass is 288 g/mol. The Morgan fingerprint density at radius 1 is 1.29 bits per heavy atom. The van der Waals surface area contributed by atoms with E-state index in [1.807, 2.05) is 32.0 Å². The minimum Gasteiger partial charge on any atom is -0.493 e. The van der Waals surface area contributed by atoms with E-state index in [9.17, 15) is 5.26 Å². The molecule has 21 heavy (non-hydrogen) atoms. The number of nitriles is 1. The van der Waals surface area contributed by atoms with Crippen molar-refractivity contribution in [2.75, 3.05) is 26.8 Å². The van der Waals surface area contributed by atoms with Gasteiger partial charge in [-0.1, -0.05) is 6.07 Å². The Labute approximate surface area is 127 Å². The molecule has 1 aliphatic heterocycles.